The maximum absolute atomic E-state index is 5.55. The van der Waals surface area contributed by atoms with Crippen molar-refractivity contribution in [2.45, 2.75) is 36.6 Å². The molecule has 1 fully saturated rings. The molecule has 1 aliphatic rings. The second kappa shape index (κ2) is 5.55. The zero-order chi connectivity index (χ0) is 11.4. The van der Waals surface area contributed by atoms with Gasteiger partial charge in [-0.1, -0.05) is 6.07 Å². The molecule has 4 heteroatoms. The van der Waals surface area contributed by atoms with E-state index in [0.29, 0.717) is 11.4 Å². The second-order valence-corrected chi connectivity index (χ2v) is 5.17. The number of pyridine rings is 1. The first-order chi connectivity index (χ1) is 7.79. The molecule has 0 aliphatic carbocycles. The Labute approximate surface area is 101 Å². The Kier molecular flexibility index (Phi) is 4.07. The van der Waals surface area contributed by atoms with E-state index < -0.39 is 0 Å². The SMILES string of the molecule is CCNc1cccc(SC2CCOC2C)n1. The van der Waals surface area contributed by atoms with Crippen LogP contribution >= 0.6 is 11.8 Å². The van der Waals surface area contributed by atoms with Crippen LogP contribution in [0.4, 0.5) is 5.82 Å². The molecular weight excluding hydrogens is 220 g/mol. The van der Waals surface area contributed by atoms with Crippen molar-refractivity contribution in [1.82, 2.24) is 4.98 Å². The summed E-state index contributed by atoms with van der Waals surface area (Å²) in [6.45, 7) is 6.00. The van der Waals surface area contributed by atoms with Gasteiger partial charge in [-0.3, -0.25) is 0 Å². The molecule has 1 N–H and O–H groups in total. The van der Waals surface area contributed by atoms with Crippen molar-refractivity contribution in [2.24, 2.45) is 0 Å². The third-order valence-corrected chi connectivity index (χ3v) is 4.05. The van der Waals surface area contributed by atoms with Crippen LogP contribution in [0.5, 0.6) is 0 Å². The largest absolute Gasteiger partial charge is 0.377 e. The fourth-order valence-corrected chi connectivity index (χ4v) is 2.88. The molecule has 88 valence electrons. The van der Waals surface area contributed by atoms with Gasteiger partial charge in [-0.2, -0.15) is 0 Å². The van der Waals surface area contributed by atoms with Gasteiger partial charge in [0.2, 0.25) is 0 Å². The number of hydrogen-bond donors (Lipinski definition) is 1. The monoisotopic (exact) mass is 238 g/mol. The maximum Gasteiger partial charge on any atom is 0.127 e. The first kappa shape index (κ1) is 11.7. The lowest BCUT2D eigenvalue weighted by Crippen LogP contribution is -2.13. The molecule has 1 aliphatic heterocycles. The van der Waals surface area contributed by atoms with Crippen LogP contribution < -0.4 is 5.32 Å². The molecule has 0 aromatic carbocycles. The number of nitrogens with one attached hydrogen (secondary N) is 1. The van der Waals surface area contributed by atoms with Crippen molar-refractivity contribution in [2.75, 3.05) is 18.5 Å². The topological polar surface area (TPSA) is 34.1 Å². The Hall–Kier alpha value is -0.740. The average Bonchev–Trinajstić information content (AvgIpc) is 2.66. The first-order valence-electron chi connectivity index (χ1n) is 5.79. The number of hydrogen-bond acceptors (Lipinski definition) is 4. The highest BCUT2D eigenvalue weighted by molar-refractivity contribution is 7.99. The second-order valence-electron chi connectivity index (χ2n) is 3.91. The van der Waals surface area contributed by atoms with E-state index in [-0.39, 0.29) is 0 Å². The molecule has 0 saturated carbocycles. The van der Waals surface area contributed by atoms with E-state index in [1.54, 1.807) is 0 Å². The Morgan fingerprint density at radius 2 is 2.44 bits per heavy atom. The quantitative estimate of drug-likeness (QED) is 0.874. The summed E-state index contributed by atoms with van der Waals surface area (Å²) in [5.41, 5.74) is 0. The van der Waals surface area contributed by atoms with Gasteiger partial charge in [0.25, 0.3) is 0 Å². The van der Waals surface area contributed by atoms with Gasteiger partial charge in [0.05, 0.1) is 11.1 Å². The van der Waals surface area contributed by atoms with Crippen LogP contribution in [-0.4, -0.2) is 29.5 Å². The molecule has 2 rings (SSSR count). The number of nitrogens with zero attached hydrogens (tertiary/aromatic N) is 1. The molecule has 0 bridgehead atoms. The van der Waals surface area contributed by atoms with Gasteiger partial charge >= 0.3 is 0 Å². The summed E-state index contributed by atoms with van der Waals surface area (Å²) in [6, 6.07) is 6.12. The van der Waals surface area contributed by atoms with E-state index in [9.17, 15) is 0 Å². The molecule has 1 aromatic heterocycles. The Morgan fingerprint density at radius 3 is 3.12 bits per heavy atom. The minimum absolute atomic E-state index is 0.342. The summed E-state index contributed by atoms with van der Waals surface area (Å²) in [5.74, 6) is 0.957. The number of anilines is 1. The number of rotatable bonds is 4. The maximum atomic E-state index is 5.55. The molecule has 2 heterocycles. The van der Waals surface area contributed by atoms with E-state index in [0.717, 1.165) is 30.4 Å². The highest BCUT2D eigenvalue weighted by atomic mass is 32.2. The van der Waals surface area contributed by atoms with Crippen molar-refractivity contribution in [3.8, 4) is 0 Å². The minimum atomic E-state index is 0.342. The minimum Gasteiger partial charge on any atom is -0.377 e. The molecule has 1 aromatic rings. The molecule has 0 radical (unpaired) electrons. The van der Waals surface area contributed by atoms with Gasteiger partial charge in [-0.25, -0.2) is 4.98 Å². The fraction of sp³-hybridized carbons (Fsp3) is 0.583. The first-order valence-corrected chi connectivity index (χ1v) is 6.66. The number of ether oxygens (including phenoxy) is 1. The number of thioether (sulfide) groups is 1. The third kappa shape index (κ3) is 2.89. The van der Waals surface area contributed by atoms with Crippen molar-refractivity contribution in [3.63, 3.8) is 0 Å². The summed E-state index contributed by atoms with van der Waals surface area (Å²) in [4.78, 5) is 4.56. The molecule has 2 unspecified atom stereocenters. The molecule has 0 amide bonds. The summed E-state index contributed by atoms with van der Waals surface area (Å²) < 4.78 is 5.55. The van der Waals surface area contributed by atoms with Crippen molar-refractivity contribution >= 4 is 17.6 Å². The van der Waals surface area contributed by atoms with Crippen LogP contribution in [0.1, 0.15) is 20.3 Å². The standard InChI is InChI=1S/C12H18N2OS/c1-3-13-11-5-4-6-12(14-11)16-10-7-8-15-9(10)2/h4-6,9-10H,3,7-8H2,1-2H3,(H,13,14). The lowest BCUT2D eigenvalue weighted by molar-refractivity contribution is 0.127. The zero-order valence-electron chi connectivity index (χ0n) is 9.77. The van der Waals surface area contributed by atoms with E-state index in [4.69, 9.17) is 4.74 Å². The summed E-state index contributed by atoms with van der Waals surface area (Å²) >= 11 is 1.82. The van der Waals surface area contributed by atoms with Gasteiger partial charge in [0, 0.05) is 18.4 Å². The average molecular weight is 238 g/mol. The highest BCUT2D eigenvalue weighted by Crippen LogP contribution is 2.31. The summed E-state index contributed by atoms with van der Waals surface area (Å²) in [7, 11) is 0. The van der Waals surface area contributed by atoms with Crippen molar-refractivity contribution in [1.29, 1.82) is 0 Å². The van der Waals surface area contributed by atoms with E-state index in [2.05, 4.69) is 30.2 Å². The Balaban J connectivity index is 2.00. The lowest BCUT2D eigenvalue weighted by Gasteiger charge is -2.13. The van der Waals surface area contributed by atoms with Crippen LogP contribution in [0.15, 0.2) is 23.2 Å². The van der Waals surface area contributed by atoms with Crippen LogP contribution in [0, 0.1) is 0 Å². The summed E-state index contributed by atoms with van der Waals surface area (Å²) in [6.07, 6.45) is 1.47. The number of aromatic nitrogens is 1. The third-order valence-electron chi connectivity index (χ3n) is 2.66. The van der Waals surface area contributed by atoms with Crippen molar-refractivity contribution in [3.05, 3.63) is 18.2 Å². The van der Waals surface area contributed by atoms with E-state index in [1.165, 1.54) is 0 Å². The van der Waals surface area contributed by atoms with Gasteiger partial charge < -0.3 is 10.1 Å². The molecule has 1 saturated heterocycles. The Morgan fingerprint density at radius 1 is 1.56 bits per heavy atom. The molecule has 2 atom stereocenters. The fourth-order valence-electron chi connectivity index (χ4n) is 1.78. The van der Waals surface area contributed by atoms with Gasteiger partial charge in [0.1, 0.15) is 5.82 Å². The van der Waals surface area contributed by atoms with Crippen molar-refractivity contribution < 1.29 is 4.74 Å². The van der Waals surface area contributed by atoms with Gasteiger partial charge in [0.15, 0.2) is 0 Å². The van der Waals surface area contributed by atoms with Crippen LogP contribution in [-0.2, 0) is 4.74 Å². The van der Waals surface area contributed by atoms with Crippen LogP contribution in [0.2, 0.25) is 0 Å². The molecule has 16 heavy (non-hydrogen) atoms. The van der Waals surface area contributed by atoms with E-state index >= 15 is 0 Å². The van der Waals surface area contributed by atoms with Gasteiger partial charge in [-0.05, 0) is 32.4 Å². The predicted octanol–water partition coefficient (Wildman–Crippen LogP) is 2.78. The lowest BCUT2D eigenvalue weighted by atomic mass is 10.3. The van der Waals surface area contributed by atoms with E-state index in [1.807, 2.05) is 23.9 Å². The zero-order valence-corrected chi connectivity index (χ0v) is 10.6. The van der Waals surface area contributed by atoms with Crippen LogP contribution in [0.3, 0.4) is 0 Å². The Bertz CT molecular complexity index is 346. The molecule has 0 spiro atoms. The highest BCUT2D eigenvalue weighted by Gasteiger charge is 2.25. The van der Waals surface area contributed by atoms with Gasteiger partial charge in [-0.15, -0.1) is 11.8 Å². The summed E-state index contributed by atoms with van der Waals surface area (Å²) in [5, 5.41) is 4.86. The smallest absolute Gasteiger partial charge is 0.127 e. The molecular formula is C12H18N2OS. The van der Waals surface area contributed by atoms with Crippen LogP contribution in [0.25, 0.3) is 0 Å². The normalized spacial score (nSPS) is 24.6. The predicted molar refractivity (Wildman–Crippen MR) is 68.1 cm³/mol. The molecule has 3 nitrogen and oxygen atoms in total.